The van der Waals surface area contributed by atoms with Crippen LogP contribution >= 0.6 is 0 Å². The van der Waals surface area contributed by atoms with Gasteiger partial charge in [0.25, 0.3) is 5.91 Å². The standard InChI is InChI=1S/C22H21F2N7O3/c1-22(33,21(25)32)12-30(2)20-15(24)10-26-19(27-20)17-9-18(16-7-8-34-29-16)31(28-17)11-13-5-3-4-6-14(13)23/h3-10,33H,11-12H2,1-2H3,(H2,25,32). The number of nitrogens with zero attached hydrogens (tertiary/aromatic N) is 6. The Labute approximate surface area is 192 Å². The molecule has 10 nitrogen and oxygen atoms in total. The third kappa shape index (κ3) is 4.62. The fraction of sp³-hybridized carbons (Fsp3) is 0.227. The Bertz CT molecular complexity index is 1320. The topological polar surface area (TPSA) is 136 Å². The number of anilines is 1. The molecular weight excluding hydrogens is 448 g/mol. The largest absolute Gasteiger partial charge is 0.378 e. The molecule has 176 valence electrons. The van der Waals surface area contributed by atoms with Crippen LogP contribution in [-0.4, -0.2) is 55.1 Å². The molecule has 3 aromatic heterocycles. The number of nitrogens with two attached hydrogens (primary N) is 1. The van der Waals surface area contributed by atoms with Crippen molar-refractivity contribution in [3.8, 4) is 22.9 Å². The SMILES string of the molecule is CN(CC(C)(O)C(N)=O)c1nc(-c2cc(-c3ccon3)n(Cc3ccccc3F)n2)ncc1F. The molecule has 0 aliphatic rings. The van der Waals surface area contributed by atoms with E-state index in [1.165, 1.54) is 35.9 Å². The molecule has 12 heteroatoms. The number of primary amides is 1. The maximum atomic E-state index is 14.5. The minimum absolute atomic E-state index is 0.0685. The van der Waals surface area contributed by atoms with Crippen LogP contribution < -0.4 is 10.6 Å². The van der Waals surface area contributed by atoms with Gasteiger partial charge in [0.2, 0.25) is 0 Å². The van der Waals surface area contributed by atoms with Crippen LogP contribution in [0.15, 0.2) is 53.4 Å². The second-order valence-electron chi connectivity index (χ2n) is 7.91. The van der Waals surface area contributed by atoms with Gasteiger partial charge in [-0.25, -0.2) is 18.7 Å². The van der Waals surface area contributed by atoms with Gasteiger partial charge in [0.05, 0.1) is 25.0 Å². The minimum Gasteiger partial charge on any atom is -0.378 e. The number of aromatic nitrogens is 5. The van der Waals surface area contributed by atoms with E-state index in [0.29, 0.717) is 17.0 Å². The number of amides is 1. The predicted octanol–water partition coefficient (Wildman–Crippen LogP) is 1.99. The van der Waals surface area contributed by atoms with E-state index in [1.54, 1.807) is 30.3 Å². The number of likely N-dealkylation sites (N-methyl/N-ethyl adjacent to an activating group) is 1. The zero-order chi connectivity index (χ0) is 24.5. The van der Waals surface area contributed by atoms with Gasteiger partial charge in [0, 0.05) is 18.7 Å². The summed E-state index contributed by atoms with van der Waals surface area (Å²) >= 11 is 0. The molecule has 3 N–H and O–H groups in total. The van der Waals surface area contributed by atoms with Crippen LogP contribution in [0.4, 0.5) is 14.6 Å². The van der Waals surface area contributed by atoms with E-state index in [1.807, 2.05) is 0 Å². The van der Waals surface area contributed by atoms with Crippen molar-refractivity contribution in [2.75, 3.05) is 18.5 Å². The van der Waals surface area contributed by atoms with Crippen molar-refractivity contribution in [3.63, 3.8) is 0 Å². The van der Waals surface area contributed by atoms with Crippen molar-refractivity contribution in [2.24, 2.45) is 5.73 Å². The zero-order valence-corrected chi connectivity index (χ0v) is 18.3. The molecule has 0 saturated carbocycles. The summed E-state index contributed by atoms with van der Waals surface area (Å²) in [7, 11) is 1.45. The second kappa shape index (κ2) is 8.98. The quantitative estimate of drug-likeness (QED) is 0.400. The zero-order valence-electron chi connectivity index (χ0n) is 18.3. The fourth-order valence-electron chi connectivity index (χ4n) is 3.35. The van der Waals surface area contributed by atoms with Crippen molar-refractivity contribution >= 4 is 11.7 Å². The lowest BCUT2D eigenvalue weighted by Crippen LogP contribution is -2.49. The summed E-state index contributed by atoms with van der Waals surface area (Å²) in [5, 5.41) is 18.6. The summed E-state index contributed by atoms with van der Waals surface area (Å²) in [6.07, 6.45) is 2.35. The van der Waals surface area contributed by atoms with Gasteiger partial charge in [0.15, 0.2) is 23.1 Å². The Balaban J connectivity index is 1.73. The first-order chi connectivity index (χ1) is 16.2. The van der Waals surface area contributed by atoms with Gasteiger partial charge in [-0.2, -0.15) is 5.10 Å². The van der Waals surface area contributed by atoms with Crippen molar-refractivity contribution in [1.82, 2.24) is 24.9 Å². The first-order valence-corrected chi connectivity index (χ1v) is 10.1. The summed E-state index contributed by atoms with van der Waals surface area (Å²) in [6.45, 7) is 1.01. The highest BCUT2D eigenvalue weighted by atomic mass is 19.1. The van der Waals surface area contributed by atoms with Crippen LogP contribution in [-0.2, 0) is 11.3 Å². The van der Waals surface area contributed by atoms with Gasteiger partial charge in [0.1, 0.15) is 23.5 Å². The van der Waals surface area contributed by atoms with Crippen LogP contribution in [0.5, 0.6) is 0 Å². The molecule has 0 radical (unpaired) electrons. The van der Waals surface area contributed by atoms with Crippen LogP contribution in [0.25, 0.3) is 22.9 Å². The lowest BCUT2D eigenvalue weighted by atomic mass is 10.1. The normalized spacial score (nSPS) is 13.0. The Morgan fingerprint density at radius 1 is 1.24 bits per heavy atom. The second-order valence-corrected chi connectivity index (χ2v) is 7.91. The number of rotatable bonds is 8. The third-order valence-corrected chi connectivity index (χ3v) is 5.15. The van der Waals surface area contributed by atoms with Crippen LogP contribution in [0.2, 0.25) is 0 Å². The lowest BCUT2D eigenvalue weighted by molar-refractivity contribution is -0.133. The summed E-state index contributed by atoms with van der Waals surface area (Å²) < 4.78 is 35.2. The van der Waals surface area contributed by atoms with Crippen molar-refractivity contribution in [1.29, 1.82) is 0 Å². The van der Waals surface area contributed by atoms with Crippen molar-refractivity contribution < 1.29 is 23.2 Å². The number of benzene rings is 1. The number of carbonyl (C=O) groups excluding carboxylic acids is 1. The van der Waals surface area contributed by atoms with Crippen molar-refractivity contribution in [3.05, 3.63) is 66.1 Å². The molecule has 0 fully saturated rings. The highest BCUT2D eigenvalue weighted by Crippen LogP contribution is 2.27. The van der Waals surface area contributed by atoms with Crippen molar-refractivity contribution in [2.45, 2.75) is 19.1 Å². The predicted molar refractivity (Wildman–Crippen MR) is 117 cm³/mol. The van der Waals surface area contributed by atoms with E-state index < -0.39 is 23.1 Å². The summed E-state index contributed by atoms with van der Waals surface area (Å²) in [4.78, 5) is 21.0. The molecule has 0 spiro atoms. The number of halogens is 2. The first kappa shape index (κ1) is 23.0. The average Bonchev–Trinajstić information content (AvgIpc) is 3.45. The van der Waals surface area contributed by atoms with E-state index in [0.717, 1.165) is 6.20 Å². The third-order valence-electron chi connectivity index (χ3n) is 5.15. The van der Waals surface area contributed by atoms with Gasteiger partial charge in [-0.1, -0.05) is 23.4 Å². The molecule has 3 heterocycles. The Morgan fingerprint density at radius 2 is 2.00 bits per heavy atom. The Morgan fingerprint density at radius 3 is 2.68 bits per heavy atom. The van der Waals surface area contributed by atoms with Crippen LogP contribution in [0.1, 0.15) is 12.5 Å². The Hall–Kier alpha value is -4.19. The van der Waals surface area contributed by atoms with E-state index >= 15 is 0 Å². The molecular formula is C22H21F2N7O3. The number of carbonyl (C=O) groups is 1. The molecule has 1 aromatic carbocycles. The van der Waals surface area contributed by atoms with Crippen LogP contribution in [0, 0.1) is 11.6 Å². The van der Waals surface area contributed by atoms with Gasteiger partial charge in [-0.05, 0) is 19.1 Å². The minimum atomic E-state index is -1.91. The van der Waals surface area contributed by atoms with E-state index in [4.69, 9.17) is 10.3 Å². The van der Waals surface area contributed by atoms with E-state index in [9.17, 15) is 18.7 Å². The van der Waals surface area contributed by atoms with E-state index in [2.05, 4.69) is 20.2 Å². The summed E-state index contributed by atoms with van der Waals surface area (Å²) in [5.74, 6) is -2.22. The molecule has 4 rings (SSSR count). The first-order valence-electron chi connectivity index (χ1n) is 10.1. The molecule has 1 atom stereocenters. The lowest BCUT2D eigenvalue weighted by Gasteiger charge is -2.27. The number of hydrogen-bond acceptors (Lipinski definition) is 8. The summed E-state index contributed by atoms with van der Waals surface area (Å²) in [5.41, 5.74) is 4.92. The Kier molecular flexibility index (Phi) is 6.07. The van der Waals surface area contributed by atoms with Crippen LogP contribution in [0.3, 0.4) is 0 Å². The van der Waals surface area contributed by atoms with E-state index in [-0.39, 0.29) is 30.4 Å². The molecule has 1 unspecified atom stereocenters. The average molecular weight is 469 g/mol. The maximum absolute atomic E-state index is 14.5. The van der Waals surface area contributed by atoms with Gasteiger partial charge >= 0.3 is 0 Å². The molecule has 0 bridgehead atoms. The molecule has 0 aliphatic carbocycles. The van der Waals surface area contributed by atoms with Gasteiger partial charge < -0.3 is 20.3 Å². The monoisotopic (exact) mass is 469 g/mol. The molecule has 4 aromatic rings. The number of hydrogen-bond donors (Lipinski definition) is 2. The fourth-order valence-corrected chi connectivity index (χ4v) is 3.35. The highest BCUT2D eigenvalue weighted by Gasteiger charge is 2.31. The summed E-state index contributed by atoms with van der Waals surface area (Å²) in [6, 6.07) is 9.53. The number of aliphatic hydroxyl groups is 1. The molecule has 0 saturated heterocycles. The van der Waals surface area contributed by atoms with Gasteiger partial charge in [-0.3, -0.25) is 9.48 Å². The highest BCUT2D eigenvalue weighted by molar-refractivity contribution is 5.83. The molecule has 1 amide bonds. The molecule has 0 aliphatic heterocycles. The molecule has 34 heavy (non-hydrogen) atoms. The maximum Gasteiger partial charge on any atom is 0.250 e. The van der Waals surface area contributed by atoms with Gasteiger partial charge in [-0.15, -0.1) is 0 Å². The smallest absolute Gasteiger partial charge is 0.250 e.